The van der Waals surface area contributed by atoms with Gasteiger partial charge in [-0.25, -0.2) is 0 Å². The number of hydrogen-bond donors (Lipinski definition) is 0. The Kier molecular flexibility index (Phi) is 9.62. The fraction of sp³-hybridized carbons (Fsp3) is 1.00. The molecule has 0 aliphatic rings. The Morgan fingerprint density at radius 2 is 1.71 bits per heavy atom. The molecule has 0 saturated carbocycles. The summed E-state index contributed by atoms with van der Waals surface area (Å²) in [6, 6.07) is 0.734. The second kappa shape index (κ2) is 9.08. The van der Waals surface area contributed by atoms with Crippen LogP contribution in [0.4, 0.5) is 0 Å². The third-order valence-electron chi connectivity index (χ3n) is 2.72. The third-order valence-corrected chi connectivity index (χ3v) is 7.18. The topological polar surface area (TPSA) is 3.24 Å². The molecule has 0 aromatic rings. The van der Waals surface area contributed by atoms with Gasteiger partial charge in [0.25, 0.3) is 0 Å². The maximum atomic E-state index is 2.62. The Morgan fingerprint density at radius 1 is 1.07 bits per heavy atom. The molecular weight excluding hydrogens is 273 g/mol. The number of rotatable bonds is 8. The first-order valence-corrected chi connectivity index (χ1v) is 15.2. The average molecular weight is 301 g/mol. The van der Waals surface area contributed by atoms with Crippen LogP contribution in [0.15, 0.2) is 0 Å². The number of nitrogens with zero attached hydrogens (tertiary/aromatic N) is 1. The van der Waals surface area contributed by atoms with Gasteiger partial charge in [0.05, 0.1) is 0 Å². The van der Waals surface area contributed by atoms with Crippen LogP contribution in [-0.4, -0.2) is 45.5 Å². The summed E-state index contributed by atoms with van der Waals surface area (Å²) < 4.78 is 6.64. The van der Waals surface area contributed by atoms with Crippen LogP contribution in [-0.2, 0) is 0 Å². The van der Waals surface area contributed by atoms with Gasteiger partial charge in [-0.1, -0.05) is 0 Å². The molecule has 0 spiro atoms. The standard InChI is InChI=1S/C10H22N.2CH3.In/c1-5-7-9-11(8-6-2)10(3)4;;;/h10H,1,5-9H2,2-4H3;2*1H3;. The predicted octanol–water partition coefficient (Wildman–Crippen LogP) is 3.64. The quantitative estimate of drug-likeness (QED) is 0.619. The summed E-state index contributed by atoms with van der Waals surface area (Å²) in [7, 11) is 0. The molecule has 0 aliphatic carbocycles. The van der Waals surface area contributed by atoms with E-state index in [9.17, 15) is 0 Å². The van der Waals surface area contributed by atoms with E-state index in [1.54, 1.807) is 4.18 Å². The summed E-state index contributed by atoms with van der Waals surface area (Å²) in [5, 5.41) is 0. The first-order chi connectivity index (χ1) is 6.57. The van der Waals surface area contributed by atoms with Gasteiger partial charge in [0.1, 0.15) is 0 Å². The minimum atomic E-state index is -0.888. The fourth-order valence-electron chi connectivity index (χ4n) is 1.78. The Labute approximate surface area is 98.8 Å². The summed E-state index contributed by atoms with van der Waals surface area (Å²) in [5.74, 6) is 0. The Hall–Kier alpha value is 0.830. The molecule has 1 nitrogen and oxygen atoms in total. The van der Waals surface area contributed by atoms with Gasteiger partial charge in [0, 0.05) is 0 Å². The van der Waals surface area contributed by atoms with Crippen molar-refractivity contribution in [2.75, 3.05) is 13.1 Å². The zero-order valence-electron chi connectivity index (χ0n) is 10.8. The van der Waals surface area contributed by atoms with Crippen molar-refractivity contribution in [3.05, 3.63) is 0 Å². The van der Waals surface area contributed by atoms with Crippen LogP contribution in [0.5, 0.6) is 0 Å². The molecule has 0 amide bonds. The molecule has 0 rings (SSSR count). The molecule has 0 atom stereocenters. The second-order valence-corrected chi connectivity index (χ2v) is 14.6. The summed E-state index contributed by atoms with van der Waals surface area (Å²) in [4.78, 5) is 2.62. The molecule has 0 aromatic carbocycles. The van der Waals surface area contributed by atoms with Crippen molar-refractivity contribution < 1.29 is 0 Å². The zero-order valence-corrected chi connectivity index (χ0v) is 14.1. The Morgan fingerprint density at radius 3 is 2.14 bits per heavy atom. The molecule has 0 fully saturated rings. The Balaban J connectivity index is 3.50. The van der Waals surface area contributed by atoms with E-state index >= 15 is 0 Å². The summed E-state index contributed by atoms with van der Waals surface area (Å²) in [6.45, 7) is 9.52. The van der Waals surface area contributed by atoms with Crippen LogP contribution < -0.4 is 0 Å². The van der Waals surface area contributed by atoms with Crippen molar-refractivity contribution in [3.8, 4) is 0 Å². The van der Waals surface area contributed by atoms with E-state index in [2.05, 4.69) is 35.0 Å². The molecule has 14 heavy (non-hydrogen) atoms. The normalized spacial score (nSPS) is 11.4. The Bertz CT molecular complexity index is 123. The van der Waals surface area contributed by atoms with E-state index in [0.29, 0.717) is 0 Å². The molecule has 2 heteroatoms. The van der Waals surface area contributed by atoms with Crippen LogP contribution in [0.2, 0.25) is 13.5 Å². The maximum absolute atomic E-state index is 2.62. The van der Waals surface area contributed by atoms with E-state index in [-0.39, 0.29) is 0 Å². The van der Waals surface area contributed by atoms with E-state index in [4.69, 9.17) is 0 Å². The molecule has 0 unspecified atom stereocenters. The van der Waals surface area contributed by atoms with Gasteiger partial charge in [-0.15, -0.1) is 0 Å². The number of hydrogen-bond acceptors (Lipinski definition) is 1. The van der Waals surface area contributed by atoms with Crippen LogP contribution in [0.25, 0.3) is 0 Å². The van der Waals surface area contributed by atoms with Crippen molar-refractivity contribution in [2.24, 2.45) is 0 Å². The molecular formula is C12H28InN. The first kappa shape index (κ1) is 14.8. The van der Waals surface area contributed by atoms with Gasteiger partial charge < -0.3 is 0 Å². The molecule has 0 bridgehead atoms. The van der Waals surface area contributed by atoms with Gasteiger partial charge in [-0.2, -0.15) is 0 Å². The van der Waals surface area contributed by atoms with Crippen LogP contribution >= 0.6 is 0 Å². The van der Waals surface area contributed by atoms with Gasteiger partial charge in [0.15, 0.2) is 0 Å². The van der Waals surface area contributed by atoms with Crippen LogP contribution in [0.1, 0.15) is 40.0 Å². The molecule has 0 N–H and O–H groups in total. The van der Waals surface area contributed by atoms with Gasteiger partial charge in [-0.05, 0) is 0 Å². The van der Waals surface area contributed by atoms with E-state index in [1.807, 2.05) is 0 Å². The van der Waals surface area contributed by atoms with Gasteiger partial charge in [-0.3, -0.25) is 0 Å². The summed E-state index contributed by atoms with van der Waals surface area (Å²) in [5.41, 5.74) is 0. The van der Waals surface area contributed by atoms with Gasteiger partial charge in [0.2, 0.25) is 0 Å². The molecule has 0 radical (unpaired) electrons. The molecule has 0 aromatic heterocycles. The van der Waals surface area contributed by atoms with Gasteiger partial charge >= 0.3 is 99.0 Å². The number of unbranched alkanes of at least 4 members (excludes halogenated alkanes) is 1. The van der Waals surface area contributed by atoms with Crippen molar-refractivity contribution in [1.29, 1.82) is 0 Å². The van der Waals surface area contributed by atoms with Crippen molar-refractivity contribution in [3.63, 3.8) is 0 Å². The molecule has 84 valence electrons. The van der Waals surface area contributed by atoms with Crippen molar-refractivity contribution in [1.82, 2.24) is 4.90 Å². The molecule has 0 aliphatic heterocycles. The van der Waals surface area contributed by atoms with Crippen molar-refractivity contribution in [2.45, 2.75) is 59.6 Å². The monoisotopic (exact) mass is 301 g/mol. The average Bonchev–Trinajstić information content (AvgIpc) is 2.09. The predicted molar refractivity (Wildman–Crippen MR) is 68.5 cm³/mol. The zero-order chi connectivity index (χ0) is 11.0. The summed E-state index contributed by atoms with van der Waals surface area (Å²) >= 11 is -0.888. The summed E-state index contributed by atoms with van der Waals surface area (Å²) in [6.07, 6.45) is 4.20. The van der Waals surface area contributed by atoms with E-state index < -0.39 is 21.4 Å². The van der Waals surface area contributed by atoms with Crippen molar-refractivity contribution >= 4 is 21.4 Å². The van der Waals surface area contributed by atoms with E-state index in [0.717, 1.165) is 6.04 Å². The minimum absolute atomic E-state index is 0.734. The molecule has 0 saturated heterocycles. The molecule has 0 heterocycles. The second-order valence-electron chi connectivity index (χ2n) is 5.02. The van der Waals surface area contributed by atoms with E-state index in [1.165, 1.54) is 32.4 Å². The first-order valence-electron chi connectivity index (χ1n) is 6.32. The fourth-order valence-corrected chi connectivity index (χ4v) is 4.94. The SMILES string of the molecule is CCCN(CCC[CH2][In]([CH3])[CH3])C(C)C. The van der Waals surface area contributed by atoms with Crippen LogP contribution in [0, 0.1) is 0 Å². The van der Waals surface area contributed by atoms with Crippen LogP contribution in [0.3, 0.4) is 0 Å². The third kappa shape index (κ3) is 8.16.